The molecule has 1 N–H and O–H groups in total. The quantitative estimate of drug-likeness (QED) is 0.549. The highest BCUT2D eigenvalue weighted by Crippen LogP contribution is 2.29. The van der Waals surface area contributed by atoms with Crippen LogP contribution in [0.25, 0.3) is 10.7 Å². The van der Waals surface area contributed by atoms with Gasteiger partial charge in [0.15, 0.2) is 11.0 Å². The molecule has 0 radical (unpaired) electrons. The highest BCUT2D eigenvalue weighted by molar-refractivity contribution is 7.99. The second-order valence-electron chi connectivity index (χ2n) is 6.69. The van der Waals surface area contributed by atoms with Gasteiger partial charge in [-0.05, 0) is 30.4 Å². The molecule has 1 fully saturated rings. The SMILES string of the molecule is O=C(CSc1nnc(-c2cccs2)n1C[C@H]1CCCO1)NCc1ccccc1F. The normalized spacial score (nSPS) is 16.2. The Bertz CT molecular complexity index is 955. The highest BCUT2D eigenvalue weighted by Gasteiger charge is 2.22. The number of hydrogen-bond acceptors (Lipinski definition) is 6. The summed E-state index contributed by atoms with van der Waals surface area (Å²) in [6.07, 6.45) is 2.20. The van der Waals surface area contributed by atoms with Gasteiger partial charge in [0, 0.05) is 18.7 Å². The van der Waals surface area contributed by atoms with E-state index in [0.29, 0.717) is 17.3 Å². The Kier molecular flexibility index (Phi) is 6.58. The van der Waals surface area contributed by atoms with E-state index in [4.69, 9.17) is 4.74 Å². The molecule has 0 aliphatic carbocycles. The first-order chi connectivity index (χ1) is 14.2. The van der Waals surface area contributed by atoms with Crippen molar-refractivity contribution in [3.8, 4) is 10.7 Å². The lowest BCUT2D eigenvalue weighted by Gasteiger charge is -2.14. The fourth-order valence-electron chi connectivity index (χ4n) is 3.16. The molecule has 0 unspecified atom stereocenters. The number of carbonyl (C=O) groups excluding carboxylic acids is 1. The minimum atomic E-state index is -0.322. The van der Waals surface area contributed by atoms with E-state index in [9.17, 15) is 9.18 Å². The van der Waals surface area contributed by atoms with Crippen molar-refractivity contribution < 1.29 is 13.9 Å². The Hall–Kier alpha value is -2.23. The number of nitrogens with zero attached hydrogens (tertiary/aromatic N) is 3. The smallest absolute Gasteiger partial charge is 0.230 e. The van der Waals surface area contributed by atoms with Gasteiger partial charge in [0.25, 0.3) is 0 Å². The number of rotatable bonds is 8. The summed E-state index contributed by atoms with van der Waals surface area (Å²) in [4.78, 5) is 13.3. The van der Waals surface area contributed by atoms with Crippen molar-refractivity contribution in [2.24, 2.45) is 0 Å². The number of thiophene rings is 1. The first-order valence-corrected chi connectivity index (χ1v) is 11.3. The van der Waals surface area contributed by atoms with Gasteiger partial charge in [-0.1, -0.05) is 36.0 Å². The number of benzene rings is 1. The van der Waals surface area contributed by atoms with Crippen LogP contribution < -0.4 is 5.32 Å². The Morgan fingerprint density at radius 3 is 2.97 bits per heavy atom. The average molecular weight is 433 g/mol. The van der Waals surface area contributed by atoms with E-state index in [2.05, 4.69) is 15.5 Å². The standard InChI is InChI=1S/C20H21FN4O2S2/c21-16-7-2-1-5-14(16)11-22-18(26)13-29-20-24-23-19(17-8-4-10-28-17)25(20)12-15-6-3-9-27-15/h1-2,4-5,7-8,10,15H,3,6,9,11-13H2,(H,22,26)/t15-/m1/s1. The van der Waals surface area contributed by atoms with Gasteiger partial charge in [-0.3, -0.25) is 9.36 Å². The lowest BCUT2D eigenvalue weighted by Crippen LogP contribution is -2.25. The van der Waals surface area contributed by atoms with Crippen molar-refractivity contribution >= 4 is 29.0 Å². The molecule has 3 heterocycles. The first kappa shape index (κ1) is 20.1. The number of ether oxygens (including phenoxy) is 1. The maximum Gasteiger partial charge on any atom is 0.230 e. The van der Waals surface area contributed by atoms with Crippen LogP contribution in [0.4, 0.5) is 4.39 Å². The summed E-state index contributed by atoms with van der Waals surface area (Å²) in [5, 5.41) is 14.1. The number of nitrogens with one attached hydrogen (secondary N) is 1. The Labute approximate surface area is 176 Å². The molecule has 152 valence electrons. The minimum absolute atomic E-state index is 0.138. The third-order valence-electron chi connectivity index (χ3n) is 4.63. The monoisotopic (exact) mass is 432 g/mol. The van der Waals surface area contributed by atoms with Crippen LogP contribution >= 0.6 is 23.1 Å². The zero-order valence-corrected chi connectivity index (χ0v) is 17.3. The predicted molar refractivity (Wildman–Crippen MR) is 111 cm³/mol. The maximum absolute atomic E-state index is 13.7. The Morgan fingerprint density at radius 1 is 1.31 bits per heavy atom. The van der Waals surface area contributed by atoms with Crippen molar-refractivity contribution in [2.45, 2.75) is 37.2 Å². The average Bonchev–Trinajstić information content (AvgIpc) is 3.48. The van der Waals surface area contributed by atoms with E-state index in [-0.39, 0.29) is 30.1 Å². The van der Waals surface area contributed by atoms with Gasteiger partial charge < -0.3 is 10.1 Å². The lowest BCUT2D eigenvalue weighted by atomic mass is 10.2. The Balaban J connectivity index is 1.41. The fraction of sp³-hybridized carbons (Fsp3) is 0.350. The van der Waals surface area contributed by atoms with E-state index in [1.165, 1.54) is 17.8 Å². The predicted octanol–water partition coefficient (Wildman–Crippen LogP) is 3.73. The molecule has 4 rings (SSSR count). The molecular weight excluding hydrogens is 411 g/mol. The summed E-state index contributed by atoms with van der Waals surface area (Å²) in [7, 11) is 0. The summed E-state index contributed by atoms with van der Waals surface area (Å²) < 4.78 is 21.5. The molecule has 1 aliphatic rings. The molecule has 6 nitrogen and oxygen atoms in total. The molecule has 3 aromatic rings. The molecule has 1 saturated heterocycles. The number of aromatic nitrogens is 3. The summed E-state index contributed by atoms with van der Waals surface area (Å²) >= 11 is 2.93. The molecule has 0 spiro atoms. The van der Waals surface area contributed by atoms with Crippen molar-refractivity contribution in [1.29, 1.82) is 0 Å². The third-order valence-corrected chi connectivity index (χ3v) is 6.47. The molecule has 1 amide bonds. The zero-order valence-electron chi connectivity index (χ0n) is 15.7. The molecule has 2 aromatic heterocycles. The number of halogens is 1. The topological polar surface area (TPSA) is 69.0 Å². The van der Waals surface area contributed by atoms with Crippen molar-refractivity contribution in [2.75, 3.05) is 12.4 Å². The van der Waals surface area contributed by atoms with Gasteiger partial charge in [-0.25, -0.2) is 4.39 Å². The van der Waals surface area contributed by atoms with Crippen LogP contribution in [0.1, 0.15) is 18.4 Å². The van der Waals surface area contributed by atoms with Crippen LogP contribution in [0, 0.1) is 5.82 Å². The third kappa shape index (κ3) is 5.04. The second-order valence-corrected chi connectivity index (χ2v) is 8.58. The molecule has 9 heteroatoms. The second kappa shape index (κ2) is 9.51. The van der Waals surface area contributed by atoms with Crippen LogP contribution in [0.15, 0.2) is 46.9 Å². The summed E-state index contributed by atoms with van der Waals surface area (Å²) in [5.74, 6) is 0.479. The van der Waals surface area contributed by atoms with E-state index in [0.717, 1.165) is 30.2 Å². The van der Waals surface area contributed by atoms with E-state index in [1.54, 1.807) is 29.5 Å². The zero-order chi connectivity index (χ0) is 20.1. The van der Waals surface area contributed by atoms with Crippen molar-refractivity contribution in [3.63, 3.8) is 0 Å². The molecule has 1 aliphatic heterocycles. The molecule has 0 bridgehead atoms. The molecular formula is C20H21FN4O2S2. The molecule has 0 saturated carbocycles. The van der Waals surface area contributed by atoms with Crippen LogP contribution in [-0.2, 0) is 22.6 Å². The van der Waals surface area contributed by atoms with Crippen LogP contribution in [-0.4, -0.2) is 39.1 Å². The van der Waals surface area contributed by atoms with Crippen LogP contribution in [0.2, 0.25) is 0 Å². The Morgan fingerprint density at radius 2 is 2.21 bits per heavy atom. The summed E-state index contributed by atoms with van der Waals surface area (Å²) in [6.45, 7) is 1.61. The lowest BCUT2D eigenvalue weighted by molar-refractivity contribution is -0.118. The first-order valence-electron chi connectivity index (χ1n) is 9.42. The van der Waals surface area contributed by atoms with Crippen LogP contribution in [0.3, 0.4) is 0 Å². The largest absolute Gasteiger partial charge is 0.376 e. The molecule has 1 atom stereocenters. The van der Waals surface area contributed by atoms with Gasteiger partial charge >= 0.3 is 0 Å². The molecule has 1 aromatic carbocycles. The van der Waals surface area contributed by atoms with Crippen molar-refractivity contribution in [3.05, 3.63) is 53.2 Å². The number of hydrogen-bond donors (Lipinski definition) is 1. The highest BCUT2D eigenvalue weighted by atomic mass is 32.2. The maximum atomic E-state index is 13.7. The van der Waals surface area contributed by atoms with Gasteiger partial charge in [0.2, 0.25) is 5.91 Å². The number of carbonyl (C=O) groups is 1. The fourth-order valence-corrected chi connectivity index (χ4v) is 4.65. The van der Waals surface area contributed by atoms with Crippen LogP contribution in [0.5, 0.6) is 0 Å². The van der Waals surface area contributed by atoms with Gasteiger partial charge in [0.1, 0.15) is 5.82 Å². The minimum Gasteiger partial charge on any atom is -0.376 e. The van der Waals surface area contributed by atoms with E-state index >= 15 is 0 Å². The van der Waals surface area contributed by atoms with Gasteiger partial charge in [0.05, 0.1) is 23.3 Å². The van der Waals surface area contributed by atoms with Gasteiger partial charge in [-0.15, -0.1) is 21.5 Å². The molecule has 29 heavy (non-hydrogen) atoms. The van der Waals surface area contributed by atoms with E-state index < -0.39 is 0 Å². The summed E-state index contributed by atoms with van der Waals surface area (Å²) in [5.41, 5.74) is 0.465. The summed E-state index contributed by atoms with van der Waals surface area (Å²) in [6, 6.07) is 10.4. The van der Waals surface area contributed by atoms with Crippen molar-refractivity contribution in [1.82, 2.24) is 20.1 Å². The number of amides is 1. The van der Waals surface area contributed by atoms with Gasteiger partial charge in [-0.2, -0.15) is 0 Å². The van der Waals surface area contributed by atoms with E-state index in [1.807, 2.05) is 22.1 Å². The number of thioether (sulfide) groups is 1.